The number of primary amides is 1. The summed E-state index contributed by atoms with van der Waals surface area (Å²) in [5.41, 5.74) is 6.33. The Kier molecular flexibility index (Phi) is 9.04. The summed E-state index contributed by atoms with van der Waals surface area (Å²) < 4.78 is 13.5. The van der Waals surface area contributed by atoms with E-state index in [0.29, 0.717) is 17.1 Å². The van der Waals surface area contributed by atoms with E-state index < -0.39 is 29.3 Å². The SMILES string of the molecule is NC(=O)CCN(NC(=O)[C@@H](CC(=O)c1cc2ccccc2[nH]1)CC1CCCCC1)C(=O)[C@H](F)Cl. The van der Waals surface area contributed by atoms with E-state index in [-0.39, 0.29) is 31.1 Å². The van der Waals surface area contributed by atoms with Crippen molar-refractivity contribution >= 4 is 46.0 Å². The largest absolute Gasteiger partial charge is 0.370 e. The number of carbonyl (C=O) groups excluding carboxylic acids is 4. The summed E-state index contributed by atoms with van der Waals surface area (Å²) in [6, 6.07) is 9.23. The molecule has 0 saturated heterocycles. The Hall–Kier alpha value is -2.94. The van der Waals surface area contributed by atoms with Crippen LogP contribution < -0.4 is 11.2 Å². The molecule has 3 amide bonds. The minimum Gasteiger partial charge on any atom is -0.370 e. The summed E-state index contributed by atoms with van der Waals surface area (Å²) in [5, 5.41) is 1.56. The van der Waals surface area contributed by atoms with Crippen molar-refractivity contribution in [2.75, 3.05) is 6.54 Å². The quantitative estimate of drug-likeness (QED) is 0.266. The summed E-state index contributed by atoms with van der Waals surface area (Å²) in [6.45, 7) is -0.320. The van der Waals surface area contributed by atoms with Crippen molar-refractivity contribution in [1.82, 2.24) is 15.4 Å². The van der Waals surface area contributed by atoms with Gasteiger partial charge in [0.25, 0.3) is 11.5 Å². The molecule has 3 rings (SSSR count). The van der Waals surface area contributed by atoms with Gasteiger partial charge in [-0.3, -0.25) is 24.6 Å². The van der Waals surface area contributed by atoms with Gasteiger partial charge in [0.05, 0.1) is 12.2 Å². The number of ketones is 1. The third kappa shape index (κ3) is 7.03. The molecule has 1 aromatic heterocycles. The van der Waals surface area contributed by atoms with Gasteiger partial charge >= 0.3 is 0 Å². The van der Waals surface area contributed by atoms with Crippen molar-refractivity contribution in [1.29, 1.82) is 0 Å². The number of halogens is 2. The Morgan fingerprint density at radius 3 is 2.53 bits per heavy atom. The van der Waals surface area contributed by atoms with Crippen molar-refractivity contribution in [3.63, 3.8) is 0 Å². The number of nitrogens with zero attached hydrogens (tertiary/aromatic N) is 1. The molecule has 4 N–H and O–H groups in total. The van der Waals surface area contributed by atoms with Crippen LogP contribution in [0.3, 0.4) is 0 Å². The van der Waals surface area contributed by atoms with E-state index in [0.717, 1.165) is 43.0 Å². The zero-order valence-electron chi connectivity index (χ0n) is 18.9. The molecule has 10 heteroatoms. The summed E-state index contributed by atoms with van der Waals surface area (Å²) in [7, 11) is 0. The molecule has 184 valence electrons. The van der Waals surface area contributed by atoms with E-state index in [1.54, 1.807) is 6.07 Å². The lowest BCUT2D eigenvalue weighted by Crippen LogP contribution is -2.51. The number of aromatic amines is 1. The second-order valence-electron chi connectivity index (χ2n) is 8.82. The third-order valence-electron chi connectivity index (χ3n) is 6.26. The number of para-hydroxylation sites is 1. The molecule has 0 radical (unpaired) electrons. The molecule has 34 heavy (non-hydrogen) atoms. The van der Waals surface area contributed by atoms with Crippen LogP contribution in [0.4, 0.5) is 4.39 Å². The molecule has 0 unspecified atom stereocenters. The number of nitrogens with two attached hydrogens (primary N) is 1. The number of hydrogen-bond donors (Lipinski definition) is 3. The molecule has 0 bridgehead atoms. The van der Waals surface area contributed by atoms with Crippen LogP contribution in [0.2, 0.25) is 0 Å². The number of aromatic nitrogens is 1. The number of alkyl halides is 2. The lowest BCUT2D eigenvalue weighted by molar-refractivity contribution is -0.145. The number of nitrogens with one attached hydrogen (secondary N) is 2. The standard InChI is InChI=1S/C24H30ClFN4O4/c25-22(26)24(34)30(11-10-21(27)32)29-23(33)17(12-15-6-2-1-3-7-15)14-20(31)19-13-16-8-4-5-9-18(16)28-19/h4-5,8-9,13,15,17,22,28H,1-3,6-7,10-12,14H2,(H2,27,32)(H,29,33)/t17-,22+/m1/s1. The van der Waals surface area contributed by atoms with Gasteiger partial charge in [0.15, 0.2) is 5.78 Å². The number of Topliss-reactive ketones (excluding diaryl/α,β-unsaturated/α-hetero) is 1. The number of carbonyl (C=O) groups is 4. The fraction of sp³-hybridized carbons (Fsp3) is 0.500. The molecule has 1 saturated carbocycles. The first-order valence-corrected chi connectivity index (χ1v) is 12.0. The van der Waals surface area contributed by atoms with E-state index in [2.05, 4.69) is 10.4 Å². The zero-order valence-corrected chi connectivity index (χ0v) is 19.7. The molecule has 1 fully saturated rings. The van der Waals surface area contributed by atoms with Gasteiger partial charge in [0.2, 0.25) is 11.8 Å². The Labute approximate surface area is 202 Å². The molecule has 1 heterocycles. The highest BCUT2D eigenvalue weighted by Gasteiger charge is 2.31. The first-order chi connectivity index (χ1) is 16.2. The topological polar surface area (TPSA) is 125 Å². The van der Waals surface area contributed by atoms with E-state index >= 15 is 0 Å². The number of hydrogen-bond acceptors (Lipinski definition) is 4. The van der Waals surface area contributed by atoms with Gasteiger partial charge in [0, 0.05) is 29.7 Å². The number of H-pyrrole nitrogens is 1. The number of amides is 3. The van der Waals surface area contributed by atoms with Crippen molar-refractivity contribution in [3.8, 4) is 0 Å². The first kappa shape index (κ1) is 25.7. The molecule has 0 aliphatic heterocycles. The van der Waals surface area contributed by atoms with Crippen LogP contribution in [0.1, 0.15) is 61.9 Å². The third-order valence-corrected chi connectivity index (χ3v) is 6.44. The molecular formula is C24H30ClFN4O4. The first-order valence-electron chi connectivity index (χ1n) is 11.5. The lowest BCUT2D eigenvalue weighted by atomic mass is 9.81. The van der Waals surface area contributed by atoms with Crippen molar-refractivity contribution in [2.45, 2.75) is 57.0 Å². The number of fused-ring (bicyclic) bond motifs is 1. The van der Waals surface area contributed by atoms with E-state index in [4.69, 9.17) is 17.3 Å². The molecule has 1 aliphatic carbocycles. The van der Waals surface area contributed by atoms with Crippen molar-refractivity contribution < 1.29 is 23.6 Å². The van der Waals surface area contributed by atoms with Crippen LogP contribution in [0, 0.1) is 11.8 Å². The Morgan fingerprint density at radius 1 is 1.18 bits per heavy atom. The highest BCUT2D eigenvalue weighted by Crippen LogP contribution is 2.31. The molecule has 1 aliphatic rings. The van der Waals surface area contributed by atoms with Crippen LogP contribution in [-0.2, 0) is 14.4 Å². The summed E-state index contributed by atoms with van der Waals surface area (Å²) in [5.74, 6) is -3.21. The molecule has 2 atom stereocenters. The average molecular weight is 493 g/mol. The zero-order chi connectivity index (χ0) is 24.7. The van der Waals surface area contributed by atoms with E-state index in [1.165, 1.54) is 0 Å². The fourth-order valence-electron chi connectivity index (χ4n) is 4.45. The second kappa shape index (κ2) is 12.0. The van der Waals surface area contributed by atoms with Gasteiger partial charge in [-0.05, 0) is 24.5 Å². The van der Waals surface area contributed by atoms with E-state index in [1.807, 2.05) is 24.3 Å². The maximum Gasteiger partial charge on any atom is 0.291 e. The predicted octanol–water partition coefficient (Wildman–Crippen LogP) is 3.60. The highest BCUT2D eigenvalue weighted by molar-refractivity contribution is 6.29. The van der Waals surface area contributed by atoms with Gasteiger partial charge in [-0.1, -0.05) is 61.9 Å². The highest BCUT2D eigenvalue weighted by atomic mass is 35.5. The van der Waals surface area contributed by atoms with Gasteiger partial charge < -0.3 is 10.7 Å². The molecule has 2 aromatic rings. The molecule has 0 spiro atoms. The minimum absolute atomic E-state index is 0.0765. The van der Waals surface area contributed by atoms with Crippen LogP contribution >= 0.6 is 11.6 Å². The van der Waals surface area contributed by atoms with Crippen LogP contribution in [0.5, 0.6) is 0 Å². The predicted molar refractivity (Wildman–Crippen MR) is 126 cm³/mol. The summed E-state index contributed by atoms with van der Waals surface area (Å²) in [4.78, 5) is 52.6. The normalized spacial score (nSPS) is 16.1. The number of hydrazine groups is 1. The van der Waals surface area contributed by atoms with Crippen LogP contribution in [0.15, 0.2) is 30.3 Å². The smallest absolute Gasteiger partial charge is 0.291 e. The molecular weight excluding hydrogens is 463 g/mol. The van der Waals surface area contributed by atoms with E-state index in [9.17, 15) is 23.6 Å². The number of rotatable bonds is 10. The second-order valence-corrected chi connectivity index (χ2v) is 9.20. The maximum atomic E-state index is 13.5. The fourth-order valence-corrected chi connectivity index (χ4v) is 4.57. The summed E-state index contributed by atoms with van der Waals surface area (Å²) >= 11 is 5.28. The van der Waals surface area contributed by atoms with Crippen molar-refractivity contribution in [2.24, 2.45) is 17.6 Å². The van der Waals surface area contributed by atoms with Crippen LogP contribution in [-0.4, -0.2) is 45.7 Å². The Morgan fingerprint density at radius 2 is 1.88 bits per heavy atom. The van der Waals surface area contributed by atoms with Gasteiger partial charge in [0.1, 0.15) is 0 Å². The van der Waals surface area contributed by atoms with Gasteiger partial charge in [-0.25, -0.2) is 9.40 Å². The van der Waals surface area contributed by atoms with Crippen LogP contribution in [0.25, 0.3) is 10.9 Å². The maximum absolute atomic E-state index is 13.5. The average Bonchev–Trinajstić information content (AvgIpc) is 3.25. The summed E-state index contributed by atoms with van der Waals surface area (Å²) in [6.07, 6.45) is 5.30. The minimum atomic E-state index is -2.39. The molecule has 8 nitrogen and oxygen atoms in total. The monoisotopic (exact) mass is 492 g/mol. The Bertz CT molecular complexity index is 1000. The van der Waals surface area contributed by atoms with Gasteiger partial charge in [-0.15, -0.1) is 0 Å². The van der Waals surface area contributed by atoms with Gasteiger partial charge in [-0.2, -0.15) is 0 Å². The number of benzene rings is 1. The Balaban J connectivity index is 1.76. The lowest BCUT2D eigenvalue weighted by Gasteiger charge is -2.29. The van der Waals surface area contributed by atoms with Crippen molar-refractivity contribution in [3.05, 3.63) is 36.0 Å². The molecule has 1 aromatic carbocycles.